The molecule has 1 amide bonds. The highest BCUT2D eigenvalue weighted by Crippen LogP contribution is 2.39. The Balaban J connectivity index is 2.30. The molecule has 1 N–H and O–H groups in total. The van der Waals surface area contributed by atoms with E-state index in [1.165, 1.54) is 33.1 Å². The number of benzene rings is 1. The molecule has 1 aliphatic rings. The first-order chi connectivity index (χ1) is 12.9. The van der Waals surface area contributed by atoms with Crippen LogP contribution in [0.1, 0.15) is 12.5 Å². The Morgan fingerprint density at radius 2 is 1.85 bits per heavy atom. The standard InChI is InChI=1S/C18H19NO6S2/c1-10(16-17(21)19-18(26)27-16)5-6-11-7-12(22-2)15(13(8-11)23-3)25-9-14(20)24-4/h5-8H,9H2,1-4H3,(H,19,21,26). The van der Waals surface area contributed by atoms with E-state index in [1.54, 1.807) is 18.2 Å². The average Bonchev–Trinajstić information content (AvgIpc) is 3.01. The third-order valence-electron chi connectivity index (χ3n) is 3.55. The van der Waals surface area contributed by atoms with Crippen LogP contribution in [0.3, 0.4) is 0 Å². The maximum atomic E-state index is 11.8. The van der Waals surface area contributed by atoms with Crippen LogP contribution in [0.25, 0.3) is 6.08 Å². The number of amides is 1. The molecule has 0 aromatic heterocycles. The number of hydrogen-bond acceptors (Lipinski definition) is 8. The van der Waals surface area contributed by atoms with E-state index in [0.717, 1.165) is 11.1 Å². The van der Waals surface area contributed by atoms with Gasteiger partial charge in [0.15, 0.2) is 18.1 Å². The molecule has 0 spiro atoms. The summed E-state index contributed by atoms with van der Waals surface area (Å²) in [5, 5.41) is 2.59. The Kier molecular flexibility index (Phi) is 7.26. The van der Waals surface area contributed by atoms with Gasteiger partial charge in [0.1, 0.15) is 4.32 Å². The van der Waals surface area contributed by atoms with Gasteiger partial charge >= 0.3 is 5.97 Å². The van der Waals surface area contributed by atoms with Crippen LogP contribution in [0.15, 0.2) is 28.7 Å². The van der Waals surface area contributed by atoms with Crippen LogP contribution in [0.4, 0.5) is 0 Å². The highest BCUT2D eigenvalue weighted by atomic mass is 32.2. The molecule has 1 fully saturated rings. The summed E-state index contributed by atoms with van der Waals surface area (Å²) in [5.74, 6) is 0.382. The molecule has 0 radical (unpaired) electrons. The molecule has 1 heterocycles. The molecule has 144 valence electrons. The van der Waals surface area contributed by atoms with Crippen molar-refractivity contribution in [2.45, 2.75) is 6.92 Å². The van der Waals surface area contributed by atoms with Crippen molar-refractivity contribution in [3.05, 3.63) is 34.3 Å². The molecule has 0 saturated carbocycles. The molecule has 0 bridgehead atoms. The van der Waals surface area contributed by atoms with E-state index in [0.29, 0.717) is 26.5 Å². The lowest BCUT2D eigenvalue weighted by molar-refractivity contribution is -0.143. The van der Waals surface area contributed by atoms with E-state index < -0.39 is 5.97 Å². The monoisotopic (exact) mass is 409 g/mol. The van der Waals surface area contributed by atoms with Gasteiger partial charge in [-0.25, -0.2) is 4.79 Å². The quantitative estimate of drug-likeness (QED) is 0.418. The first-order valence-corrected chi connectivity index (χ1v) is 8.99. The Morgan fingerprint density at radius 1 is 1.22 bits per heavy atom. The second kappa shape index (κ2) is 9.43. The van der Waals surface area contributed by atoms with Gasteiger partial charge in [-0.2, -0.15) is 0 Å². The number of carbonyl (C=O) groups is 2. The zero-order valence-electron chi connectivity index (χ0n) is 15.3. The molecule has 2 rings (SSSR count). The molecular weight excluding hydrogens is 390 g/mol. The summed E-state index contributed by atoms with van der Waals surface area (Å²) in [5.41, 5.74) is 1.54. The molecule has 0 unspecified atom stereocenters. The molecule has 0 aliphatic carbocycles. The van der Waals surface area contributed by atoms with Gasteiger partial charge in [0.05, 0.1) is 26.2 Å². The molecule has 0 atom stereocenters. The van der Waals surface area contributed by atoms with Crippen LogP contribution in [0.5, 0.6) is 17.2 Å². The van der Waals surface area contributed by atoms with E-state index in [1.807, 2.05) is 13.0 Å². The first kappa shape index (κ1) is 20.8. The molecule has 27 heavy (non-hydrogen) atoms. The van der Waals surface area contributed by atoms with E-state index >= 15 is 0 Å². The van der Waals surface area contributed by atoms with Crippen molar-refractivity contribution in [3.63, 3.8) is 0 Å². The summed E-state index contributed by atoms with van der Waals surface area (Å²) in [7, 11) is 4.25. The highest BCUT2D eigenvalue weighted by Gasteiger charge is 2.23. The Bertz CT molecular complexity index is 806. The van der Waals surface area contributed by atoms with E-state index in [2.05, 4.69) is 10.1 Å². The number of thiocarbonyl (C=S) groups is 1. The summed E-state index contributed by atoms with van der Waals surface area (Å²) >= 11 is 6.23. The summed E-state index contributed by atoms with van der Waals surface area (Å²) < 4.78 is 21.2. The van der Waals surface area contributed by atoms with Gasteiger partial charge in [0.2, 0.25) is 5.75 Å². The van der Waals surface area contributed by atoms with Gasteiger partial charge in [-0.15, -0.1) is 0 Å². The van der Waals surface area contributed by atoms with Crippen molar-refractivity contribution in [2.75, 3.05) is 27.9 Å². The normalized spacial score (nSPS) is 15.6. The molecule has 1 aliphatic heterocycles. The number of nitrogens with one attached hydrogen (secondary N) is 1. The predicted octanol–water partition coefficient (Wildman–Crippen LogP) is 2.69. The van der Waals surface area contributed by atoms with E-state index in [4.69, 9.17) is 26.4 Å². The lowest BCUT2D eigenvalue weighted by Gasteiger charge is -2.14. The second-order valence-electron chi connectivity index (χ2n) is 5.31. The van der Waals surface area contributed by atoms with Crippen molar-refractivity contribution in [3.8, 4) is 17.2 Å². The van der Waals surface area contributed by atoms with Gasteiger partial charge in [-0.05, 0) is 30.2 Å². The largest absolute Gasteiger partial charge is 0.493 e. The molecule has 9 heteroatoms. The van der Waals surface area contributed by atoms with E-state index in [9.17, 15) is 9.59 Å². The van der Waals surface area contributed by atoms with E-state index in [-0.39, 0.29) is 12.5 Å². The second-order valence-corrected chi connectivity index (χ2v) is 7.00. The maximum Gasteiger partial charge on any atom is 0.343 e. The number of esters is 1. The third kappa shape index (κ3) is 5.24. The van der Waals surface area contributed by atoms with Crippen molar-refractivity contribution in [1.29, 1.82) is 0 Å². The van der Waals surface area contributed by atoms with Crippen LogP contribution in [-0.4, -0.2) is 44.1 Å². The minimum absolute atomic E-state index is 0.200. The van der Waals surface area contributed by atoms with Crippen LogP contribution in [0.2, 0.25) is 0 Å². The zero-order valence-corrected chi connectivity index (χ0v) is 16.9. The number of ether oxygens (including phenoxy) is 4. The van der Waals surface area contributed by atoms with Gasteiger partial charge in [-0.3, -0.25) is 4.79 Å². The Hall–Kier alpha value is -2.52. The lowest BCUT2D eigenvalue weighted by Crippen LogP contribution is -2.18. The summed E-state index contributed by atoms with van der Waals surface area (Å²) in [6, 6.07) is 3.46. The predicted molar refractivity (Wildman–Crippen MR) is 107 cm³/mol. The molecule has 7 nitrogen and oxygen atoms in total. The zero-order chi connectivity index (χ0) is 20.0. The third-order valence-corrected chi connectivity index (χ3v) is 4.90. The maximum absolute atomic E-state index is 11.8. The van der Waals surface area contributed by atoms with Crippen LogP contribution in [-0.2, 0) is 14.3 Å². The SMILES string of the molecule is COC(=O)COc1c(OC)cc(C=CC(C)=C2SC(=S)NC2=O)cc1OC. The van der Waals surface area contributed by atoms with Gasteiger partial charge in [0, 0.05) is 0 Å². The van der Waals surface area contributed by atoms with Crippen molar-refractivity contribution < 1.29 is 28.5 Å². The molecule has 1 aromatic carbocycles. The summed E-state index contributed by atoms with van der Waals surface area (Å²) in [4.78, 5) is 23.7. The lowest BCUT2D eigenvalue weighted by atomic mass is 10.1. The van der Waals surface area contributed by atoms with Gasteiger partial charge in [-0.1, -0.05) is 36.1 Å². The minimum atomic E-state index is -0.518. The smallest absolute Gasteiger partial charge is 0.343 e. The van der Waals surface area contributed by atoms with Gasteiger partial charge < -0.3 is 24.3 Å². The number of carbonyl (C=O) groups excluding carboxylic acids is 2. The molecule has 1 saturated heterocycles. The summed E-state index contributed by atoms with van der Waals surface area (Å²) in [6.45, 7) is 1.56. The van der Waals surface area contributed by atoms with Crippen LogP contribution in [0, 0.1) is 0 Å². The van der Waals surface area contributed by atoms with Crippen molar-refractivity contribution in [1.82, 2.24) is 5.32 Å². The molecule has 1 aromatic rings. The number of methoxy groups -OCH3 is 3. The fourth-order valence-corrected chi connectivity index (χ4v) is 3.24. The number of rotatable bonds is 7. The van der Waals surface area contributed by atoms with Crippen LogP contribution >= 0.6 is 24.0 Å². The number of allylic oxidation sites excluding steroid dienone is 2. The minimum Gasteiger partial charge on any atom is -0.493 e. The first-order valence-electron chi connectivity index (χ1n) is 7.77. The fourth-order valence-electron chi connectivity index (χ4n) is 2.20. The highest BCUT2D eigenvalue weighted by molar-refractivity contribution is 8.26. The topological polar surface area (TPSA) is 83.1 Å². The fraction of sp³-hybridized carbons (Fsp3) is 0.278. The Labute approximate surface area is 166 Å². The van der Waals surface area contributed by atoms with Crippen LogP contribution < -0.4 is 19.5 Å². The summed E-state index contributed by atoms with van der Waals surface area (Å²) in [6.07, 6.45) is 3.62. The number of hydrogen-bond donors (Lipinski definition) is 1. The van der Waals surface area contributed by atoms with Crippen molar-refractivity contribution in [2.24, 2.45) is 0 Å². The Morgan fingerprint density at radius 3 is 2.33 bits per heavy atom. The number of thioether (sulfide) groups is 1. The average molecular weight is 409 g/mol. The molecular formula is C18H19NO6S2. The van der Waals surface area contributed by atoms with Crippen molar-refractivity contribution >= 4 is 46.3 Å². The van der Waals surface area contributed by atoms with Gasteiger partial charge in [0.25, 0.3) is 5.91 Å².